The average molecular weight is 418 g/mol. The molecule has 2 N–H and O–H groups in total. The van der Waals surface area contributed by atoms with Crippen LogP contribution in [0, 0.1) is 6.92 Å². The van der Waals surface area contributed by atoms with E-state index in [2.05, 4.69) is 50.2 Å². The molecular weight excluding hydrogens is 394 g/mol. The number of aryl methyl sites for hydroxylation is 1. The molecule has 0 atom stereocenters. The minimum Gasteiger partial charge on any atom is -0.360 e. The fourth-order valence-electron chi connectivity index (χ4n) is 3.66. The van der Waals surface area contributed by atoms with Crippen LogP contribution >= 0.6 is 11.8 Å². The lowest BCUT2D eigenvalue weighted by Crippen LogP contribution is -2.25. The zero-order valence-electron chi connectivity index (χ0n) is 16.8. The molecule has 0 bridgehead atoms. The summed E-state index contributed by atoms with van der Waals surface area (Å²) < 4.78 is 2.20. The molecule has 30 heavy (non-hydrogen) atoms. The van der Waals surface area contributed by atoms with Gasteiger partial charge in [-0.3, -0.25) is 9.36 Å². The maximum absolute atomic E-state index is 12.4. The number of rotatable bonds is 7. The number of amides is 1. The third kappa shape index (κ3) is 3.73. The number of nitrogens with one attached hydrogen (secondary N) is 2. The second-order valence-corrected chi connectivity index (χ2v) is 8.59. The molecule has 1 aliphatic carbocycles. The van der Waals surface area contributed by atoms with E-state index in [1.807, 2.05) is 36.5 Å². The van der Waals surface area contributed by atoms with Crippen LogP contribution < -0.4 is 5.32 Å². The van der Waals surface area contributed by atoms with Gasteiger partial charge >= 0.3 is 0 Å². The number of hydrogen-bond donors (Lipinski definition) is 2. The second-order valence-electron chi connectivity index (χ2n) is 7.65. The number of carbonyl (C=O) groups excluding carboxylic acids is 1. The second kappa shape index (κ2) is 7.99. The van der Waals surface area contributed by atoms with Crippen LogP contribution in [0.4, 0.5) is 0 Å². The lowest BCUT2D eigenvalue weighted by molar-refractivity contribution is -0.118. The topological polar surface area (TPSA) is 75.6 Å². The SMILES string of the molecule is Cc1ccccc1CNC(=O)CSc1nnc(-c2c[nH]c3ccccc23)n1C1CC1. The quantitative estimate of drug-likeness (QED) is 0.435. The molecule has 0 spiro atoms. The van der Waals surface area contributed by atoms with Gasteiger partial charge in [0, 0.05) is 35.2 Å². The zero-order valence-corrected chi connectivity index (χ0v) is 17.6. The Morgan fingerprint density at radius 2 is 1.97 bits per heavy atom. The van der Waals surface area contributed by atoms with E-state index in [-0.39, 0.29) is 5.91 Å². The summed E-state index contributed by atoms with van der Waals surface area (Å²) in [7, 11) is 0. The molecule has 2 heterocycles. The van der Waals surface area contributed by atoms with Crippen molar-refractivity contribution in [1.29, 1.82) is 0 Å². The molecule has 1 aliphatic rings. The summed E-state index contributed by atoms with van der Waals surface area (Å²) in [6.07, 6.45) is 4.25. The number of hydrogen-bond acceptors (Lipinski definition) is 4. The van der Waals surface area contributed by atoms with Gasteiger partial charge in [0.25, 0.3) is 0 Å². The van der Waals surface area contributed by atoms with Crippen LogP contribution in [0.25, 0.3) is 22.3 Å². The Morgan fingerprint density at radius 3 is 2.80 bits per heavy atom. The van der Waals surface area contributed by atoms with Crippen molar-refractivity contribution in [2.45, 2.75) is 37.5 Å². The molecule has 6 nitrogen and oxygen atoms in total. The van der Waals surface area contributed by atoms with Crippen molar-refractivity contribution in [1.82, 2.24) is 25.1 Å². The molecule has 0 saturated heterocycles. The first kappa shape index (κ1) is 18.9. The van der Waals surface area contributed by atoms with E-state index in [9.17, 15) is 4.79 Å². The molecule has 152 valence electrons. The van der Waals surface area contributed by atoms with Crippen LogP contribution in [0.2, 0.25) is 0 Å². The van der Waals surface area contributed by atoms with Crippen LogP contribution in [0.5, 0.6) is 0 Å². The number of carbonyl (C=O) groups is 1. The Bertz CT molecular complexity index is 1210. The van der Waals surface area contributed by atoms with Crippen LogP contribution in [0.3, 0.4) is 0 Å². The van der Waals surface area contributed by atoms with Gasteiger partial charge in [-0.2, -0.15) is 0 Å². The number of thioether (sulfide) groups is 1. The van der Waals surface area contributed by atoms with Gasteiger partial charge in [0.1, 0.15) is 0 Å². The molecule has 2 aromatic carbocycles. The van der Waals surface area contributed by atoms with Gasteiger partial charge in [0.15, 0.2) is 11.0 Å². The monoisotopic (exact) mass is 417 g/mol. The molecule has 4 aromatic rings. The Kier molecular flexibility index (Phi) is 5.04. The number of nitrogens with zero attached hydrogens (tertiary/aromatic N) is 3. The maximum atomic E-state index is 12.4. The summed E-state index contributed by atoms with van der Waals surface area (Å²) in [4.78, 5) is 15.7. The van der Waals surface area contributed by atoms with Gasteiger partial charge in [-0.25, -0.2) is 0 Å². The number of aromatic amines is 1. The summed E-state index contributed by atoms with van der Waals surface area (Å²) in [5, 5.41) is 13.9. The van der Waals surface area contributed by atoms with Gasteiger partial charge in [0.05, 0.1) is 5.75 Å². The van der Waals surface area contributed by atoms with Crippen LogP contribution in [0.15, 0.2) is 59.9 Å². The smallest absolute Gasteiger partial charge is 0.230 e. The van der Waals surface area contributed by atoms with Crippen molar-refractivity contribution in [2.24, 2.45) is 0 Å². The molecular formula is C23H23N5OS. The molecule has 0 radical (unpaired) electrons. The third-order valence-electron chi connectivity index (χ3n) is 5.48. The number of aromatic nitrogens is 4. The molecule has 2 aromatic heterocycles. The van der Waals surface area contributed by atoms with Crippen LogP contribution in [0.1, 0.15) is 30.0 Å². The van der Waals surface area contributed by atoms with E-state index in [0.29, 0.717) is 18.3 Å². The molecule has 1 fully saturated rings. The van der Waals surface area contributed by atoms with E-state index in [1.165, 1.54) is 17.3 Å². The van der Waals surface area contributed by atoms with Gasteiger partial charge in [-0.05, 0) is 37.0 Å². The molecule has 1 saturated carbocycles. The van der Waals surface area contributed by atoms with Crippen molar-refractivity contribution in [3.8, 4) is 11.4 Å². The summed E-state index contributed by atoms with van der Waals surface area (Å²) in [5.41, 5.74) is 4.46. The summed E-state index contributed by atoms with van der Waals surface area (Å²) in [5.74, 6) is 1.20. The van der Waals surface area contributed by atoms with Gasteiger partial charge in [-0.1, -0.05) is 54.2 Å². The van der Waals surface area contributed by atoms with E-state index in [0.717, 1.165) is 45.9 Å². The minimum atomic E-state index is 0.00208. The van der Waals surface area contributed by atoms with Gasteiger partial charge in [-0.15, -0.1) is 10.2 Å². The summed E-state index contributed by atoms with van der Waals surface area (Å²) >= 11 is 1.45. The number of para-hydroxylation sites is 1. The third-order valence-corrected chi connectivity index (χ3v) is 6.42. The Balaban J connectivity index is 1.31. The number of benzene rings is 2. The summed E-state index contributed by atoms with van der Waals surface area (Å²) in [6.45, 7) is 2.60. The van der Waals surface area contributed by atoms with E-state index >= 15 is 0 Å². The Morgan fingerprint density at radius 1 is 1.17 bits per heavy atom. The van der Waals surface area contributed by atoms with Gasteiger partial charge in [0.2, 0.25) is 5.91 Å². The number of H-pyrrole nitrogens is 1. The highest BCUT2D eigenvalue weighted by atomic mass is 32.2. The molecule has 7 heteroatoms. The number of fused-ring (bicyclic) bond motifs is 1. The standard InChI is InChI=1S/C23H23N5OS/c1-15-6-2-3-7-16(15)12-25-21(29)14-30-23-27-26-22(28(23)17-10-11-17)19-13-24-20-9-5-4-8-18(19)20/h2-9,13,17,24H,10-12,14H2,1H3,(H,25,29). The van der Waals surface area contributed by atoms with E-state index < -0.39 is 0 Å². The Labute approximate surface area is 179 Å². The van der Waals surface area contributed by atoms with Crippen molar-refractivity contribution >= 4 is 28.6 Å². The Hall–Kier alpha value is -3.06. The van der Waals surface area contributed by atoms with Crippen molar-refractivity contribution in [3.63, 3.8) is 0 Å². The first-order valence-corrected chi connectivity index (χ1v) is 11.1. The van der Waals surface area contributed by atoms with Crippen molar-refractivity contribution < 1.29 is 4.79 Å². The van der Waals surface area contributed by atoms with Crippen molar-refractivity contribution in [2.75, 3.05) is 5.75 Å². The van der Waals surface area contributed by atoms with Crippen LogP contribution in [-0.2, 0) is 11.3 Å². The zero-order chi connectivity index (χ0) is 20.5. The minimum absolute atomic E-state index is 0.00208. The van der Waals surface area contributed by atoms with Crippen molar-refractivity contribution in [3.05, 3.63) is 65.9 Å². The first-order chi connectivity index (χ1) is 14.7. The molecule has 0 aliphatic heterocycles. The van der Waals surface area contributed by atoms with E-state index in [1.54, 1.807) is 0 Å². The first-order valence-electron chi connectivity index (χ1n) is 10.2. The normalized spacial score (nSPS) is 13.6. The highest BCUT2D eigenvalue weighted by Gasteiger charge is 2.31. The van der Waals surface area contributed by atoms with Gasteiger partial charge < -0.3 is 10.3 Å². The lowest BCUT2D eigenvalue weighted by atomic mass is 10.1. The fraction of sp³-hybridized carbons (Fsp3) is 0.261. The predicted octanol–water partition coefficient (Wildman–Crippen LogP) is 4.48. The van der Waals surface area contributed by atoms with E-state index in [4.69, 9.17) is 0 Å². The average Bonchev–Trinajstić information content (AvgIpc) is 3.37. The molecule has 1 amide bonds. The molecule has 0 unspecified atom stereocenters. The maximum Gasteiger partial charge on any atom is 0.230 e. The molecule has 5 rings (SSSR count). The highest BCUT2D eigenvalue weighted by molar-refractivity contribution is 7.99. The van der Waals surface area contributed by atoms with Crippen LogP contribution in [-0.4, -0.2) is 31.4 Å². The lowest BCUT2D eigenvalue weighted by Gasteiger charge is -2.09. The summed E-state index contributed by atoms with van der Waals surface area (Å²) in [6, 6.07) is 16.7. The largest absolute Gasteiger partial charge is 0.360 e. The highest BCUT2D eigenvalue weighted by Crippen LogP contribution is 2.42. The predicted molar refractivity (Wildman–Crippen MR) is 119 cm³/mol. The fourth-order valence-corrected chi connectivity index (χ4v) is 4.50.